The van der Waals surface area contributed by atoms with Crippen LogP contribution in [0.3, 0.4) is 0 Å². The SMILES string of the molecule is CC1c2ccc(C(N)=O)n2CCN1C(=O)OC(C)(C)C. The van der Waals surface area contributed by atoms with Crippen molar-refractivity contribution in [3.8, 4) is 0 Å². The van der Waals surface area contributed by atoms with E-state index in [0.717, 1.165) is 5.69 Å². The van der Waals surface area contributed by atoms with Crippen molar-refractivity contribution in [2.24, 2.45) is 5.73 Å². The van der Waals surface area contributed by atoms with Crippen LogP contribution in [0.5, 0.6) is 0 Å². The Morgan fingerprint density at radius 2 is 1.95 bits per heavy atom. The fraction of sp³-hybridized carbons (Fsp3) is 0.571. The molecule has 0 aliphatic carbocycles. The van der Waals surface area contributed by atoms with Gasteiger partial charge < -0.3 is 15.0 Å². The van der Waals surface area contributed by atoms with Crippen molar-refractivity contribution in [3.63, 3.8) is 0 Å². The van der Waals surface area contributed by atoms with E-state index in [1.165, 1.54) is 0 Å². The van der Waals surface area contributed by atoms with Crippen LogP contribution in [0, 0.1) is 0 Å². The molecule has 2 N–H and O–H groups in total. The van der Waals surface area contributed by atoms with Crippen LogP contribution in [0.15, 0.2) is 12.1 Å². The smallest absolute Gasteiger partial charge is 0.410 e. The van der Waals surface area contributed by atoms with Gasteiger partial charge in [-0.3, -0.25) is 9.69 Å². The molecule has 0 radical (unpaired) electrons. The van der Waals surface area contributed by atoms with E-state index in [-0.39, 0.29) is 12.1 Å². The van der Waals surface area contributed by atoms with Crippen LogP contribution in [-0.4, -0.2) is 33.6 Å². The summed E-state index contributed by atoms with van der Waals surface area (Å²) in [5.74, 6) is -0.450. The third-order valence-electron chi connectivity index (χ3n) is 3.35. The summed E-state index contributed by atoms with van der Waals surface area (Å²) in [5, 5.41) is 0. The molecule has 110 valence electrons. The van der Waals surface area contributed by atoms with E-state index in [2.05, 4.69) is 0 Å². The molecule has 6 nitrogen and oxygen atoms in total. The van der Waals surface area contributed by atoms with Gasteiger partial charge in [0.2, 0.25) is 0 Å². The topological polar surface area (TPSA) is 77.6 Å². The molecule has 0 bridgehead atoms. The molecular formula is C14H21N3O3. The zero-order chi connectivity index (χ0) is 15.1. The monoisotopic (exact) mass is 279 g/mol. The van der Waals surface area contributed by atoms with Gasteiger partial charge in [0, 0.05) is 18.8 Å². The van der Waals surface area contributed by atoms with Crippen molar-refractivity contribution in [2.45, 2.75) is 45.9 Å². The molecule has 2 rings (SSSR count). The zero-order valence-electron chi connectivity index (χ0n) is 12.3. The second-order valence-electron chi connectivity index (χ2n) is 6.01. The van der Waals surface area contributed by atoms with Gasteiger partial charge in [-0.1, -0.05) is 0 Å². The molecule has 1 unspecified atom stereocenters. The molecule has 0 saturated heterocycles. The number of rotatable bonds is 1. The number of nitrogens with zero attached hydrogens (tertiary/aromatic N) is 2. The summed E-state index contributed by atoms with van der Waals surface area (Å²) < 4.78 is 7.27. The van der Waals surface area contributed by atoms with Crippen LogP contribution < -0.4 is 5.73 Å². The summed E-state index contributed by atoms with van der Waals surface area (Å²) in [5.41, 5.74) is 6.20. The average molecular weight is 279 g/mol. The van der Waals surface area contributed by atoms with Gasteiger partial charge in [0.1, 0.15) is 11.3 Å². The highest BCUT2D eigenvalue weighted by Crippen LogP contribution is 2.28. The van der Waals surface area contributed by atoms with E-state index < -0.39 is 11.5 Å². The van der Waals surface area contributed by atoms with E-state index in [9.17, 15) is 9.59 Å². The minimum Gasteiger partial charge on any atom is -0.444 e. The largest absolute Gasteiger partial charge is 0.444 e. The lowest BCUT2D eigenvalue weighted by Gasteiger charge is -2.36. The maximum atomic E-state index is 12.2. The lowest BCUT2D eigenvalue weighted by molar-refractivity contribution is 0.0126. The number of amides is 2. The second kappa shape index (κ2) is 4.85. The number of hydrogen-bond donors (Lipinski definition) is 1. The van der Waals surface area contributed by atoms with Crippen molar-refractivity contribution in [1.29, 1.82) is 0 Å². The Labute approximate surface area is 118 Å². The Hall–Kier alpha value is -1.98. The molecule has 0 saturated carbocycles. The third kappa shape index (κ3) is 2.64. The maximum Gasteiger partial charge on any atom is 0.410 e. The summed E-state index contributed by atoms with van der Waals surface area (Å²) >= 11 is 0. The standard InChI is InChI=1S/C14H21N3O3/c1-9-10-5-6-11(12(15)18)17(10)8-7-16(9)13(19)20-14(2,3)4/h5-6,9H,7-8H2,1-4H3,(H2,15,18). The number of primary amides is 1. The first-order chi connectivity index (χ1) is 9.20. The van der Waals surface area contributed by atoms with Crippen molar-refractivity contribution in [3.05, 3.63) is 23.5 Å². The Morgan fingerprint density at radius 1 is 1.30 bits per heavy atom. The van der Waals surface area contributed by atoms with E-state index in [1.54, 1.807) is 11.0 Å². The number of ether oxygens (including phenoxy) is 1. The molecule has 2 heterocycles. The first-order valence-corrected chi connectivity index (χ1v) is 6.69. The van der Waals surface area contributed by atoms with Gasteiger partial charge in [-0.25, -0.2) is 4.79 Å². The molecule has 1 aromatic heterocycles. The number of hydrogen-bond acceptors (Lipinski definition) is 3. The fourth-order valence-corrected chi connectivity index (χ4v) is 2.44. The van der Waals surface area contributed by atoms with E-state index in [4.69, 9.17) is 10.5 Å². The molecular weight excluding hydrogens is 258 g/mol. The summed E-state index contributed by atoms with van der Waals surface area (Å²) in [7, 11) is 0. The maximum absolute atomic E-state index is 12.2. The Bertz CT molecular complexity index is 542. The van der Waals surface area contributed by atoms with Crippen LogP contribution in [0.2, 0.25) is 0 Å². The van der Waals surface area contributed by atoms with Gasteiger partial charge in [-0.2, -0.15) is 0 Å². The van der Waals surface area contributed by atoms with Crippen molar-refractivity contribution >= 4 is 12.0 Å². The van der Waals surface area contributed by atoms with Gasteiger partial charge in [-0.05, 0) is 39.8 Å². The zero-order valence-corrected chi connectivity index (χ0v) is 12.3. The fourth-order valence-electron chi connectivity index (χ4n) is 2.44. The quantitative estimate of drug-likeness (QED) is 0.852. The van der Waals surface area contributed by atoms with Crippen LogP contribution in [-0.2, 0) is 11.3 Å². The van der Waals surface area contributed by atoms with Gasteiger partial charge >= 0.3 is 6.09 Å². The molecule has 6 heteroatoms. The molecule has 1 aliphatic heterocycles. The molecule has 0 spiro atoms. The Morgan fingerprint density at radius 3 is 2.50 bits per heavy atom. The highest BCUT2D eigenvalue weighted by atomic mass is 16.6. The summed E-state index contributed by atoms with van der Waals surface area (Å²) in [6.45, 7) is 8.48. The van der Waals surface area contributed by atoms with E-state index >= 15 is 0 Å². The molecule has 0 fully saturated rings. The Balaban J connectivity index is 2.22. The second-order valence-corrected chi connectivity index (χ2v) is 6.01. The number of carbonyl (C=O) groups is 2. The van der Waals surface area contributed by atoms with Crippen LogP contribution in [0.25, 0.3) is 0 Å². The van der Waals surface area contributed by atoms with Crippen LogP contribution in [0.1, 0.15) is 49.9 Å². The summed E-state index contributed by atoms with van der Waals surface area (Å²) in [4.78, 5) is 25.2. The predicted molar refractivity (Wildman–Crippen MR) is 74.3 cm³/mol. The van der Waals surface area contributed by atoms with Crippen molar-refractivity contribution in [2.75, 3.05) is 6.54 Å². The molecule has 1 atom stereocenters. The summed E-state index contributed by atoms with van der Waals surface area (Å²) in [6.07, 6.45) is -0.335. The third-order valence-corrected chi connectivity index (χ3v) is 3.35. The minimum absolute atomic E-state index is 0.147. The highest BCUT2D eigenvalue weighted by Gasteiger charge is 2.32. The minimum atomic E-state index is -0.519. The molecule has 2 amide bonds. The van der Waals surface area contributed by atoms with Crippen LogP contribution in [0.4, 0.5) is 4.79 Å². The number of aromatic nitrogens is 1. The first kappa shape index (κ1) is 14.4. The van der Waals surface area contributed by atoms with Gasteiger partial charge in [-0.15, -0.1) is 0 Å². The molecule has 1 aromatic rings. The summed E-state index contributed by atoms with van der Waals surface area (Å²) in [6, 6.07) is 3.39. The molecule has 0 aromatic carbocycles. The normalized spacial score (nSPS) is 18.6. The van der Waals surface area contributed by atoms with Crippen LogP contribution >= 0.6 is 0 Å². The average Bonchev–Trinajstić information content (AvgIpc) is 2.71. The lowest BCUT2D eigenvalue weighted by Crippen LogP contribution is -2.44. The van der Waals surface area contributed by atoms with E-state index in [1.807, 2.05) is 38.3 Å². The Kier molecular flexibility index (Phi) is 3.50. The van der Waals surface area contributed by atoms with Gasteiger partial charge in [0.25, 0.3) is 5.91 Å². The molecule has 1 aliphatic rings. The number of carbonyl (C=O) groups excluding carboxylic acids is 2. The number of fused-ring (bicyclic) bond motifs is 1. The lowest BCUT2D eigenvalue weighted by atomic mass is 10.1. The number of nitrogens with two attached hydrogens (primary N) is 1. The highest BCUT2D eigenvalue weighted by molar-refractivity contribution is 5.91. The van der Waals surface area contributed by atoms with E-state index in [0.29, 0.717) is 18.8 Å². The van der Waals surface area contributed by atoms with Gasteiger partial charge in [0.05, 0.1) is 6.04 Å². The van der Waals surface area contributed by atoms with Gasteiger partial charge in [0.15, 0.2) is 0 Å². The molecule has 20 heavy (non-hydrogen) atoms. The van der Waals surface area contributed by atoms with Crippen molar-refractivity contribution in [1.82, 2.24) is 9.47 Å². The first-order valence-electron chi connectivity index (χ1n) is 6.69. The van der Waals surface area contributed by atoms with Crippen molar-refractivity contribution < 1.29 is 14.3 Å². The predicted octanol–water partition coefficient (Wildman–Crippen LogP) is 1.90.